The lowest BCUT2D eigenvalue weighted by Crippen LogP contribution is -2.25. The van der Waals surface area contributed by atoms with Gasteiger partial charge in [0.1, 0.15) is 5.75 Å². The number of fused-ring (bicyclic) bond motifs is 1. The van der Waals surface area contributed by atoms with Gasteiger partial charge in [0.15, 0.2) is 6.61 Å². The van der Waals surface area contributed by atoms with Crippen molar-refractivity contribution in [2.75, 3.05) is 16.6 Å². The molecule has 132 valence electrons. The Labute approximate surface area is 140 Å². The summed E-state index contributed by atoms with van der Waals surface area (Å²) in [7, 11) is -4.30. The van der Waals surface area contributed by atoms with Crippen LogP contribution in [0.2, 0.25) is 0 Å². The molecule has 0 aliphatic carbocycles. The van der Waals surface area contributed by atoms with Gasteiger partial charge < -0.3 is 10.1 Å². The predicted octanol–water partition coefficient (Wildman–Crippen LogP) is 2.84. The van der Waals surface area contributed by atoms with Crippen LogP contribution in [0, 0.1) is 0 Å². The van der Waals surface area contributed by atoms with Crippen molar-refractivity contribution in [1.29, 1.82) is 0 Å². The van der Waals surface area contributed by atoms with Gasteiger partial charge in [-0.2, -0.15) is 13.2 Å². The van der Waals surface area contributed by atoms with E-state index >= 15 is 0 Å². The normalized spacial score (nSPS) is 14.3. The number of para-hydroxylation sites is 1. The van der Waals surface area contributed by atoms with Crippen molar-refractivity contribution >= 4 is 27.3 Å². The molecule has 3 rings (SSSR count). The van der Waals surface area contributed by atoms with Crippen molar-refractivity contribution in [1.82, 2.24) is 0 Å². The van der Waals surface area contributed by atoms with Gasteiger partial charge in [0.05, 0.1) is 21.8 Å². The number of carbonyl (C=O) groups excluding carboxylic acids is 1. The molecule has 0 atom stereocenters. The van der Waals surface area contributed by atoms with E-state index in [1.807, 2.05) is 4.72 Å². The zero-order chi connectivity index (χ0) is 18.2. The van der Waals surface area contributed by atoms with E-state index in [0.29, 0.717) is 0 Å². The van der Waals surface area contributed by atoms with Crippen LogP contribution in [0.4, 0.5) is 24.5 Å². The summed E-state index contributed by atoms with van der Waals surface area (Å²) >= 11 is 0. The van der Waals surface area contributed by atoms with E-state index in [-0.39, 0.29) is 22.9 Å². The van der Waals surface area contributed by atoms with E-state index in [2.05, 4.69) is 5.32 Å². The Kier molecular flexibility index (Phi) is 4.07. The molecule has 2 aromatic carbocycles. The SMILES string of the molecule is O=C1COc2ccc(S(=O)(=O)Nc3ccccc3C(F)(F)F)cc2N1. The van der Waals surface area contributed by atoms with Crippen molar-refractivity contribution in [3.8, 4) is 5.75 Å². The number of ether oxygens (including phenoxy) is 1. The molecular formula is C15H11F3N2O4S. The minimum atomic E-state index is -4.71. The molecule has 0 unspecified atom stereocenters. The van der Waals surface area contributed by atoms with Crippen molar-refractivity contribution in [2.45, 2.75) is 11.1 Å². The van der Waals surface area contributed by atoms with Crippen LogP contribution in [0.15, 0.2) is 47.4 Å². The molecule has 0 radical (unpaired) electrons. The van der Waals surface area contributed by atoms with Crippen LogP contribution in [-0.4, -0.2) is 20.9 Å². The van der Waals surface area contributed by atoms with Crippen LogP contribution in [-0.2, 0) is 21.0 Å². The maximum absolute atomic E-state index is 13.0. The molecule has 1 heterocycles. The average Bonchev–Trinajstić information content (AvgIpc) is 2.53. The van der Waals surface area contributed by atoms with Gasteiger partial charge >= 0.3 is 6.18 Å². The summed E-state index contributed by atoms with van der Waals surface area (Å²) in [6.07, 6.45) is -4.71. The Morgan fingerprint density at radius 2 is 1.84 bits per heavy atom. The Morgan fingerprint density at radius 3 is 2.56 bits per heavy atom. The molecular weight excluding hydrogens is 361 g/mol. The van der Waals surface area contributed by atoms with Gasteiger partial charge in [-0.1, -0.05) is 12.1 Å². The summed E-state index contributed by atoms with van der Waals surface area (Å²) in [5, 5.41) is 2.44. The third-order valence-electron chi connectivity index (χ3n) is 3.37. The van der Waals surface area contributed by atoms with Gasteiger partial charge in [-0.05, 0) is 30.3 Å². The molecule has 1 aliphatic heterocycles. The molecule has 2 aromatic rings. The molecule has 0 saturated heterocycles. The highest BCUT2D eigenvalue weighted by Gasteiger charge is 2.34. The fraction of sp³-hybridized carbons (Fsp3) is 0.133. The Hall–Kier alpha value is -2.75. The molecule has 10 heteroatoms. The molecule has 0 fully saturated rings. The molecule has 1 amide bonds. The number of rotatable bonds is 3. The number of alkyl halides is 3. The van der Waals surface area contributed by atoms with Crippen molar-refractivity contribution < 1.29 is 31.1 Å². The number of hydrogen-bond acceptors (Lipinski definition) is 4. The molecule has 0 bridgehead atoms. The molecule has 0 aromatic heterocycles. The number of hydrogen-bond donors (Lipinski definition) is 2. The average molecular weight is 372 g/mol. The summed E-state index contributed by atoms with van der Waals surface area (Å²) in [6.45, 7) is -0.198. The zero-order valence-corrected chi connectivity index (χ0v) is 13.2. The first-order valence-electron chi connectivity index (χ1n) is 6.92. The first kappa shape index (κ1) is 17.1. The fourth-order valence-electron chi connectivity index (χ4n) is 2.25. The third-order valence-corrected chi connectivity index (χ3v) is 4.73. The van der Waals surface area contributed by atoms with Gasteiger partial charge in [-0.15, -0.1) is 0 Å². The lowest BCUT2D eigenvalue weighted by atomic mass is 10.2. The third kappa shape index (κ3) is 3.53. The minimum Gasteiger partial charge on any atom is -0.482 e. The van der Waals surface area contributed by atoms with Crippen LogP contribution in [0.3, 0.4) is 0 Å². The van der Waals surface area contributed by atoms with Crippen LogP contribution in [0.5, 0.6) is 5.75 Å². The molecule has 25 heavy (non-hydrogen) atoms. The number of halogens is 3. The lowest BCUT2D eigenvalue weighted by molar-refractivity contribution is -0.136. The van der Waals surface area contributed by atoms with Gasteiger partial charge in [-0.3, -0.25) is 9.52 Å². The molecule has 0 saturated carbocycles. The number of benzene rings is 2. The molecule has 6 nitrogen and oxygen atoms in total. The highest BCUT2D eigenvalue weighted by Crippen LogP contribution is 2.36. The van der Waals surface area contributed by atoms with Gasteiger partial charge in [0.2, 0.25) is 0 Å². The largest absolute Gasteiger partial charge is 0.482 e. The van der Waals surface area contributed by atoms with Gasteiger partial charge in [0.25, 0.3) is 15.9 Å². The number of amides is 1. The highest BCUT2D eigenvalue weighted by atomic mass is 32.2. The van der Waals surface area contributed by atoms with E-state index in [4.69, 9.17) is 4.74 Å². The second-order valence-electron chi connectivity index (χ2n) is 5.14. The predicted molar refractivity (Wildman–Crippen MR) is 82.8 cm³/mol. The quantitative estimate of drug-likeness (QED) is 0.868. The molecule has 2 N–H and O–H groups in total. The van der Waals surface area contributed by atoms with Crippen LogP contribution in [0.25, 0.3) is 0 Å². The number of carbonyl (C=O) groups is 1. The molecule has 1 aliphatic rings. The van der Waals surface area contributed by atoms with Gasteiger partial charge in [-0.25, -0.2) is 8.42 Å². The van der Waals surface area contributed by atoms with Crippen molar-refractivity contribution in [3.05, 3.63) is 48.0 Å². The first-order valence-corrected chi connectivity index (χ1v) is 8.41. The Balaban J connectivity index is 1.96. The first-order chi connectivity index (χ1) is 11.7. The maximum atomic E-state index is 13.0. The van der Waals surface area contributed by atoms with E-state index in [1.54, 1.807) is 0 Å². The summed E-state index contributed by atoms with van der Waals surface area (Å²) in [5.41, 5.74) is -1.57. The van der Waals surface area contributed by atoms with Crippen LogP contribution >= 0.6 is 0 Å². The molecule has 0 spiro atoms. The van der Waals surface area contributed by atoms with E-state index in [9.17, 15) is 26.4 Å². The summed E-state index contributed by atoms with van der Waals surface area (Å²) in [6, 6.07) is 7.85. The van der Waals surface area contributed by atoms with E-state index in [1.165, 1.54) is 18.2 Å². The Morgan fingerprint density at radius 1 is 1.12 bits per heavy atom. The van der Waals surface area contributed by atoms with Crippen LogP contribution < -0.4 is 14.8 Å². The van der Waals surface area contributed by atoms with Crippen molar-refractivity contribution in [2.24, 2.45) is 0 Å². The van der Waals surface area contributed by atoms with E-state index < -0.39 is 33.4 Å². The summed E-state index contributed by atoms with van der Waals surface area (Å²) < 4.78 is 70.9. The maximum Gasteiger partial charge on any atom is 0.418 e. The fourth-order valence-corrected chi connectivity index (χ4v) is 3.36. The van der Waals surface area contributed by atoms with Crippen molar-refractivity contribution in [3.63, 3.8) is 0 Å². The van der Waals surface area contributed by atoms with E-state index in [0.717, 1.165) is 24.3 Å². The monoisotopic (exact) mass is 372 g/mol. The topological polar surface area (TPSA) is 84.5 Å². The second kappa shape index (κ2) is 5.96. The second-order valence-corrected chi connectivity index (χ2v) is 6.83. The zero-order valence-electron chi connectivity index (χ0n) is 12.4. The smallest absolute Gasteiger partial charge is 0.418 e. The number of anilines is 2. The highest BCUT2D eigenvalue weighted by molar-refractivity contribution is 7.92. The number of sulfonamides is 1. The minimum absolute atomic E-state index is 0.128. The lowest BCUT2D eigenvalue weighted by Gasteiger charge is -2.19. The van der Waals surface area contributed by atoms with Gasteiger partial charge in [0, 0.05) is 0 Å². The van der Waals surface area contributed by atoms with Crippen LogP contribution in [0.1, 0.15) is 5.56 Å². The summed E-state index contributed by atoms with van der Waals surface area (Å²) in [4.78, 5) is 11.0. The summed E-state index contributed by atoms with van der Waals surface area (Å²) in [5.74, 6) is -0.188. The Bertz CT molecular complexity index is 942. The number of nitrogens with one attached hydrogen (secondary N) is 2. The standard InChI is InChI=1S/C15H11F3N2O4S/c16-15(17,18)10-3-1-2-4-11(10)20-25(22,23)9-5-6-13-12(7-9)19-14(21)8-24-13/h1-7,20H,8H2,(H,19,21).